The van der Waals surface area contributed by atoms with Gasteiger partial charge in [-0.05, 0) is 45.8 Å². The van der Waals surface area contributed by atoms with E-state index in [4.69, 9.17) is 17.0 Å². The van der Waals surface area contributed by atoms with Crippen LogP contribution in [0.1, 0.15) is 42.8 Å². The Hall–Kier alpha value is -1.52. The lowest BCUT2D eigenvalue weighted by Gasteiger charge is -2.10. The van der Waals surface area contributed by atoms with Crippen LogP contribution >= 0.6 is 12.2 Å². The molecule has 1 aliphatic heterocycles. The molecular formula is C16H27N5O3S2. The van der Waals surface area contributed by atoms with Crippen molar-refractivity contribution in [3.05, 3.63) is 17.0 Å². The third-order valence-electron chi connectivity index (χ3n) is 4.25. The summed E-state index contributed by atoms with van der Waals surface area (Å²) in [5, 5.41) is 12.2. The van der Waals surface area contributed by atoms with Gasteiger partial charge in [-0.25, -0.2) is 8.42 Å². The van der Waals surface area contributed by atoms with Crippen molar-refractivity contribution in [2.45, 2.75) is 39.7 Å². The van der Waals surface area contributed by atoms with Gasteiger partial charge in [-0.2, -0.15) is 10.2 Å². The zero-order valence-electron chi connectivity index (χ0n) is 15.5. The van der Waals surface area contributed by atoms with Crippen LogP contribution in [0.3, 0.4) is 0 Å². The van der Waals surface area contributed by atoms with Gasteiger partial charge in [0, 0.05) is 31.0 Å². The first kappa shape index (κ1) is 20.8. The molecular weight excluding hydrogens is 374 g/mol. The molecule has 2 N–H and O–H groups in total. The van der Waals surface area contributed by atoms with Crippen LogP contribution in [0.5, 0.6) is 0 Å². The number of aryl methyl sites for hydroxylation is 1. The molecule has 1 saturated heterocycles. The predicted octanol–water partition coefficient (Wildman–Crippen LogP) is 1.08. The van der Waals surface area contributed by atoms with E-state index in [1.54, 1.807) is 6.21 Å². The molecule has 1 fully saturated rings. The number of nitrogens with zero attached hydrogens (tertiary/aromatic N) is 3. The summed E-state index contributed by atoms with van der Waals surface area (Å²) in [6, 6.07) is -0.0955. The topological polar surface area (TPSA) is 97.6 Å². The molecule has 26 heavy (non-hydrogen) atoms. The second kappa shape index (κ2) is 9.43. The van der Waals surface area contributed by atoms with Crippen molar-refractivity contribution >= 4 is 33.4 Å². The zero-order chi connectivity index (χ0) is 19.2. The van der Waals surface area contributed by atoms with Gasteiger partial charge in [0.1, 0.15) is 0 Å². The molecule has 8 nitrogen and oxygen atoms in total. The van der Waals surface area contributed by atoms with Gasteiger partial charge in [0.25, 0.3) is 0 Å². The first-order valence-electron chi connectivity index (χ1n) is 8.75. The molecule has 2 rings (SSSR count). The lowest BCUT2D eigenvalue weighted by atomic mass is 10.2. The molecule has 2 heterocycles. The molecule has 0 bridgehead atoms. The van der Waals surface area contributed by atoms with Gasteiger partial charge in [0.2, 0.25) is 0 Å². The molecule has 10 heteroatoms. The Morgan fingerprint density at radius 1 is 1.50 bits per heavy atom. The van der Waals surface area contributed by atoms with Crippen molar-refractivity contribution in [1.82, 2.24) is 20.5 Å². The summed E-state index contributed by atoms with van der Waals surface area (Å²) >= 11 is 5.17. The molecule has 1 aliphatic rings. The lowest BCUT2D eigenvalue weighted by molar-refractivity contribution is 0.145. The zero-order valence-corrected chi connectivity index (χ0v) is 17.1. The Bertz CT molecular complexity index is 758. The average Bonchev–Trinajstić information content (AvgIpc) is 3.07. The normalized spacial score (nSPS) is 19.1. The van der Waals surface area contributed by atoms with Gasteiger partial charge in [0.15, 0.2) is 14.9 Å². The van der Waals surface area contributed by atoms with Crippen LogP contribution < -0.4 is 10.7 Å². The molecule has 0 unspecified atom stereocenters. The number of sulfone groups is 1. The van der Waals surface area contributed by atoms with E-state index in [1.165, 1.54) is 0 Å². The summed E-state index contributed by atoms with van der Waals surface area (Å²) in [5.41, 5.74) is 5.38. The fourth-order valence-corrected chi connectivity index (χ4v) is 4.75. The number of hydrogen-bond donors (Lipinski definition) is 2. The third kappa shape index (κ3) is 5.75. The Balaban J connectivity index is 1.89. The van der Waals surface area contributed by atoms with Gasteiger partial charge in [-0.1, -0.05) is 0 Å². The molecule has 0 spiro atoms. The van der Waals surface area contributed by atoms with Crippen LogP contribution in [0.15, 0.2) is 5.10 Å². The summed E-state index contributed by atoms with van der Waals surface area (Å²) in [6.07, 6.45) is 3.15. The Labute approximate surface area is 160 Å². The largest absolute Gasteiger partial charge is 0.382 e. The van der Waals surface area contributed by atoms with Gasteiger partial charge in [-0.3, -0.25) is 10.1 Å². The average molecular weight is 402 g/mol. The maximum Gasteiger partial charge on any atom is 0.186 e. The Kier molecular flexibility index (Phi) is 7.54. The highest BCUT2D eigenvalue weighted by atomic mass is 32.2. The summed E-state index contributed by atoms with van der Waals surface area (Å²) in [7, 11) is -2.95. The third-order valence-corrected chi connectivity index (χ3v) is 6.24. The highest BCUT2D eigenvalue weighted by Gasteiger charge is 2.31. The van der Waals surface area contributed by atoms with Crippen LogP contribution in [0, 0.1) is 13.8 Å². The van der Waals surface area contributed by atoms with Crippen molar-refractivity contribution in [3.8, 4) is 0 Å². The highest BCUT2D eigenvalue weighted by molar-refractivity contribution is 7.91. The molecule has 0 saturated carbocycles. The molecule has 1 atom stereocenters. The number of rotatable bonds is 8. The first-order valence-corrected chi connectivity index (χ1v) is 11.0. The van der Waals surface area contributed by atoms with Crippen LogP contribution in [0.4, 0.5) is 0 Å². The van der Waals surface area contributed by atoms with Crippen LogP contribution in [0.2, 0.25) is 0 Å². The molecule has 0 amide bonds. The number of thiocarbonyl (C=S) groups is 1. The standard InChI is InChI=1S/C16H27N5O3S2/c1-4-24-8-5-7-17-16(25)19-18-10-15-12(2)20-21(13(15)3)14-6-9-26(22,23)11-14/h10,14H,4-9,11H2,1-3H3,(H2,17,19,25)/b18-10-/t14-/m0/s1. The summed E-state index contributed by atoms with van der Waals surface area (Å²) in [4.78, 5) is 0. The molecule has 0 aromatic carbocycles. The van der Waals surface area contributed by atoms with E-state index in [0.29, 0.717) is 31.3 Å². The van der Waals surface area contributed by atoms with E-state index in [1.807, 2.05) is 25.5 Å². The van der Waals surface area contributed by atoms with E-state index >= 15 is 0 Å². The lowest BCUT2D eigenvalue weighted by Crippen LogP contribution is -2.33. The molecule has 0 aliphatic carbocycles. The number of nitrogens with one attached hydrogen (secondary N) is 2. The van der Waals surface area contributed by atoms with Gasteiger partial charge in [0.05, 0.1) is 29.5 Å². The quantitative estimate of drug-likeness (QED) is 0.291. The van der Waals surface area contributed by atoms with Crippen molar-refractivity contribution in [3.63, 3.8) is 0 Å². The Morgan fingerprint density at radius 2 is 2.27 bits per heavy atom. The summed E-state index contributed by atoms with van der Waals surface area (Å²) in [5.74, 6) is 0.379. The number of hydrazone groups is 1. The van der Waals surface area contributed by atoms with Crippen molar-refractivity contribution in [1.29, 1.82) is 0 Å². The molecule has 146 valence electrons. The minimum atomic E-state index is -2.95. The first-order chi connectivity index (χ1) is 12.3. The fraction of sp³-hybridized carbons (Fsp3) is 0.688. The highest BCUT2D eigenvalue weighted by Crippen LogP contribution is 2.26. The molecule has 1 aromatic heterocycles. The molecule has 1 aromatic rings. The second-order valence-corrected chi connectivity index (χ2v) is 8.90. The van der Waals surface area contributed by atoms with E-state index in [9.17, 15) is 8.42 Å². The number of hydrogen-bond acceptors (Lipinski definition) is 6. The monoisotopic (exact) mass is 401 g/mol. The Morgan fingerprint density at radius 3 is 2.92 bits per heavy atom. The smallest absolute Gasteiger partial charge is 0.186 e. The van der Waals surface area contributed by atoms with Crippen LogP contribution in [0.25, 0.3) is 0 Å². The van der Waals surface area contributed by atoms with Crippen molar-refractivity contribution in [2.75, 3.05) is 31.3 Å². The minimum Gasteiger partial charge on any atom is -0.382 e. The number of aromatic nitrogens is 2. The predicted molar refractivity (Wildman–Crippen MR) is 106 cm³/mol. The summed E-state index contributed by atoms with van der Waals surface area (Å²) in [6.45, 7) is 7.91. The molecule has 0 radical (unpaired) electrons. The van der Waals surface area contributed by atoms with Gasteiger partial charge >= 0.3 is 0 Å². The van der Waals surface area contributed by atoms with Gasteiger partial charge < -0.3 is 10.1 Å². The SMILES string of the molecule is CCOCCCNC(=S)N/N=C\c1c(C)nn([C@H]2CCS(=O)(=O)C2)c1C. The maximum atomic E-state index is 11.7. The minimum absolute atomic E-state index is 0.0955. The van der Waals surface area contributed by atoms with E-state index in [2.05, 4.69) is 20.9 Å². The maximum absolute atomic E-state index is 11.7. The number of ether oxygens (including phenoxy) is 1. The van der Waals surface area contributed by atoms with Crippen molar-refractivity contribution in [2.24, 2.45) is 5.10 Å². The summed E-state index contributed by atoms with van der Waals surface area (Å²) < 4.78 is 30.5. The van der Waals surface area contributed by atoms with Gasteiger partial charge in [-0.15, -0.1) is 0 Å². The van der Waals surface area contributed by atoms with Crippen LogP contribution in [-0.4, -0.2) is 60.8 Å². The van der Waals surface area contributed by atoms with Crippen molar-refractivity contribution < 1.29 is 13.2 Å². The van der Waals surface area contributed by atoms with E-state index in [-0.39, 0.29) is 17.5 Å². The second-order valence-electron chi connectivity index (χ2n) is 6.26. The fourth-order valence-electron chi connectivity index (χ4n) is 2.90. The van der Waals surface area contributed by atoms with Crippen LogP contribution in [-0.2, 0) is 14.6 Å². The van der Waals surface area contributed by atoms with E-state index in [0.717, 1.165) is 23.4 Å². The van der Waals surface area contributed by atoms with E-state index < -0.39 is 9.84 Å².